The van der Waals surface area contributed by atoms with Crippen LogP contribution in [-0.4, -0.2) is 16.6 Å². The third kappa shape index (κ3) is 2.46. The molecule has 1 aliphatic carbocycles. The molecule has 0 radical (unpaired) electrons. The Hall–Kier alpha value is -1.25. The molecule has 0 atom stereocenters. The van der Waals surface area contributed by atoms with E-state index in [1.165, 1.54) is 6.42 Å². The molecule has 2 rings (SSSR count). The van der Waals surface area contributed by atoms with E-state index in [-0.39, 0.29) is 11.6 Å². The van der Waals surface area contributed by atoms with Crippen LogP contribution in [0.5, 0.6) is 0 Å². The number of hydrogen-bond donors (Lipinski definition) is 1. The van der Waals surface area contributed by atoms with Gasteiger partial charge in [0.25, 0.3) is 0 Å². The SMILES string of the molecule is Cc1cc(C(=O)OC2(C)CCCCC2)c[nH]1. The summed E-state index contributed by atoms with van der Waals surface area (Å²) in [7, 11) is 0. The summed E-state index contributed by atoms with van der Waals surface area (Å²) in [6.07, 6.45) is 7.27. The van der Waals surface area contributed by atoms with Gasteiger partial charge in [-0.3, -0.25) is 0 Å². The molecule has 16 heavy (non-hydrogen) atoms. The number of carbonyl (C=O) groups is 1. The molecular formula is C13H19NO2. The highest BCUT2D eigenvalue weighted by Crippen LogP contribution is 2.31. The number of H-pyrrole nitrogens is 1. The van der Waals surface area contributed by atoms with Gasteiger partial charge in [0, 0.05) is 11.9 Å². The lowest BCUT2D eigenvalue weighted by Crippen LogP contribution is -2.33. The molecule has 0 spiro atoms. The fraction of sp³-hybridized carbons (Fsp3) is 0.615. The van der Waals surface area contributed by atoms with Crippen LogP contribution in [-0.2, 0) is 4.74 Å². The minimum absolute atomic E-state index is 0.200. The maximum atomic E-state index is 11.9. The van der Waals surface area contributed by atoms with E-state index in [0.717, 1.165) is 31.4 Å². The predicted molar refractivity (Wildman–Crippen MR) is 62.4 cm³/mol. The Labute approximate surface area is 96.2 Å². The molecule has 0 amide bonds. The van der Waals surface area contributed by atoms with Crippen molar-refractivity contribution in [2.24, 2.45) is 0 Å². The third-order valence-electron chi connectivity index (χ3n) is 3.31. The number of aromatic amines is 1. The van der Waals surface area contributed by atoms with E-state index in [1.807, 2.05) is 19.9 Å². The molecule has 3 nitrogen and oxygen atoms in total. The minimum atomic E-state index is -0.249. The van der Waals surface area contributed by atoms with Gasteiger partial charge in [0.1, 0.15) is 5.60 Å². The van der Waals surface area contributed by atoms with Gasteiger partial charge in [-0.2, -0.15) is 0 Å². The zero-order valence-electron chi connectivity index (χ0n) is 10.0. The third-order valence-corrected chi connectivity index (χ3v) is 3.31. The molecule has 0 bridgehead atoms. The fourth-order valence-electron chi connectivity index (χ4n) is 2.31. The Kier molecular flexibility index (Phi) is 3.03. The van der Waals surface area contributed by atoms with Gasteiger partial charge in [0.2, 0.25) is 0 Å². The van der Waals surface area contributed by atoms with E-state index in [0.29, 0.717) is 5.56 Å². The Bertz CT molecular complexity index is 375. The Morgan fingerprint density at radius 1 is 1.38 bits per heavy atom. The van der Waals surface area contributed by atoms with Gasteiger partial charge in [-0.1, -0.05) is 6.42 Å². The molecule has 0 unspecified atom stereocenters. The number of hydrogen-bond acceptors (Lipinski definition) is 2. The van der Waals surface area contributed by atoms with Crippen molar-refractivity contribution in [2.75, 3.05) is 0 Å². The van der Waals surface area contributed by atoms with Gasteiger partial charge in [-0.25, -0.2) is 4.79 Å². The van der Waals surface area contributed by atoms with Gasteiger partial charge < -0.3 is 9.72 Å². The topological polar surface area (TPSA) is 42.1 Å². The smallest absolute Gasteiger partial charge is 0.340 e. The first-order chi connectivity index (χ1) is 7.59. The summed E-state index contributed by atoms with van der Waals surface area (Å²) in [5.74, 6) is -0.200. The molecule has 1 N–H and O–H groups in total. The van der Waals surface area contributed by atoms with Crippen LogP contribution in [0, 0.1) is 6.92 Å². The lowest BCUT2D eigenvalue weighted by molar-refractivity contribution is -0.0269. The number of esters is 1. The van der Waals surface area contributed by atoms with Crippen molar-refractivity contribution in [1.82, 2.24) is 4.98 Å². The van der Waals surface area contributed by atoms with Gasteiger partial charge in [-0.15, -0.1) is 0 Å². The molecule has 1 heterocycles. The van der Waals surface area contributed by atoms with E-state index in [4.69, 9.17) is 4.74 Å². The van der Waals surface area contributed by atoms with E-state index in [1.54, 1.807) is 6.20 Å². The standard InChI is InChI=1S/C13H19NO2/c1-10-8-11(9-14-10)12(15)16-13(2)6-4-3-5-7-13/h8-9,14H,3-7H2,1-2H3. The van der Waals surface area contributed by atoms with Crippen molar-refractivity contribution < 1.29 is 9.53 Å². The average molecular weight is 221 g/mol. The maximum Gasteiger partial charge on any atom is 0.340 e. The molecule has 0 saturated heterocycles. The van der Waals surface area contributed by atoms with E-state index >= 15 is 0 Å². The van der Waals surface area contributed by atoms with E-state index < -0.39 is 0 Å². The lowest BCUT2D eigenvalue weighted by Gasteiger charge is -2.33. The van der Waals surface area contributed by atoms with Crippen LogP contribution in [0.2, 0.25) is 0 Å². The largest absolute Gasteiger partial charge is 0.456 e. The highest BCUT2D eigenvalue weighted by atomic mass is 16.6. The number of rotatable bonds is 2. The molecule has 1 saturated carbocycles. The van der Waals surface area contributed by atoms with Crippen LogP contribution >= 0.6 is 0 Å². The predicted octanol–water partition coefficient (Wildman–Crippen LogP) is 3.20. The van der Waals surface area contributed by atoms with Crippen molar-refractivity contribution in [3.63, 3.8) is 0 Å². The molecule has 88 valence electrons. The summed E-state index contributed by atoms with van der Waals surface area (Å²) in [5.41, 5.74) is 1.37. The van der Waals surface area contributed by atoms with Crippen molar-refractivity contribution in [3.05, 3.63) is 23.5 Å². The molecule has 1 aromatic rings. The Morgan fingerprint density at radius 2 is 2.06 bits per heavy atom. The zero-order chi connectivity index (χ0) is 11.6. The normalized spacial score (nSPS) is 19.4. The van der Waals surface area contributed by atoms with Crippen molar-refractivity contribution in [3.8, 4) is 0 Å². The average Bonchev–Trinajstić information content (AvgIpc) is 2.65. The Balaban J connectivity index is 2.01. The molecule has 0 aliphatic heterocycles. The van der Waals surface area contributed by atoms with Crippen molar-refractivity contribution in [2.45, 2.75) is 51.6 Å². The molecular weight excluding hydrogens is 202 g/mol. The number of aromatic nitrogens is 1. The summed E-state index contributed by atoms with van der Waals surface area (Å²) in [5, 5.41) is 0. The monoisotopic (exact) mass is 221 g/mol. The quantitative estimate of drug-likeness (QED) is 0.779. The number of aryl methyl sites for hydroxylation is 1. The first kappa shape index (κ1) is 11.2. The second kappa shape index (κ2) is 4.32. The molecule has 1 fully saturated rings. The summed E-state index contributed by atoms with van der Waals surface area (Å²) in [6.45, 7) is 3.97. The summed E-state index contributed by atoms with van der Waals surface area (Å²) < 4.78 is 5.62. The van der Waals surface area contributed by atoms with Crippen molar-refractivity contribution >= 4 is 5.97 Å². The van der Waals surface area contributed by atoms with Crippen LogP contribution in [0.1, 0.15) is 55.1 Å². The zero-order valence-corrected chi connectivity index (χ0v) is 10.0. The maximum absolute atomic E-state index is 11.9. The molecule has 1 aliphatic rings. The highest BCUT2D eigenvalue weighted by molar-refractivity contribution is 5.89. The summed E-state index contributed by atoms with van der Waals surface area (Å²) >= 11 is 0. The Morgan fingerprint density at radius 3 is 2.62 bits per heavy atom. The van der Waals surface area contributed by atoms with Crippen molar-refractivity contribution in [1.29, 1.82) is 0 Å². The fourth-order valence-corrected chi connectivity index (χ4v) is 2.31. The number of ether oxygens (including phenoxy) is 1. The van der Waals surface area contributed by atoms with Crippen LogP contribution in [0.15, 0.2) is 12.3 Å². The second-order valence-electron chi connectivity index (χ2n) is 4.97. The molecule has 0 aromatic carbocycles. The first-order valence-electron chi connectivity index (χ1n) is 5.97. The van der Waals surface area contributed by atoms with Crippen LogP contribution in [0.25, 0.3) is 0 Å². The highest BCUT2D eigenvalue weighted by Gasteiger charge is 2.31. The summed E-state index contributed by atoms with van der Waals surface area (Å²) in [6, 6.07) is 1.83. The van der Waals surface area contributed by atoms with Gasteiger partial charge in [0.05, 0.1) is 5.56 Å². The lowest BCUT2D eigenvalue weighted by atomic mass is 9.86. The number of carbonyl (C=O) groups excluding carboxylic acids is 1. The summed E-state index contributed by atoms with van der Waals surface area (Å²) in [4.78, 5) is 14.9. The molecule has 3 heteroatoms. The van der Waals surface area contributed by atoms with E-state index in [2.05, 4.69) is 4.98 Å². The van der Waals surface area contributed by atoms with Gasteiger partial charge in [-0.05, 0) is 45.6 Å². The van der Waals surface area contributed by atoms with Gasteiger partial charge >= 0.3 is 5.97 Å². The first-order valence-corrected chi connectivity index (χ1v) is 5.97. The minimum Gasteiger partial charge on any atom is -0.456 e. The van der Waals surface area contributed by atoms with Crippen LogP contribution < -0.4 is 0 Å². The van der Waals surface area contributed by atoms with Crippen LogP contribution in [0.4, 0.5) is 0 Å². The molecule has 1 aromatic heterocycles. The van der Waals surface area contributed by atoms with E-state index in [9.17, 15) is 4.79 Å². The number of nitrogens with one attached hydrogen (secondary N) is 1. The second-order valence-corrected chi connectivity index (χ2v) is 4.97. The van der Waals surface area contributed by atoms with Crippen LogP contribution in [0.3, 0.4) is 0 Å². The van der Waals surface area contributed by atoms with Gasteiger partial charge in [0.15, 0.2) is 0 Å².